The number of hydrogen-bond acceptors (Lipinski definition) is 4. The number of methoxy groups -OCH3 is 1. The molecule has 0 heterocycles. The van der Waals surface area contributed by atoms with E-state index in [0.29, 0.717) is 5.75 Å². The first kappa shape index (κ1) is 14.3. The largest absolute Gasteiger partial charge is 0.497 e. The van der Waals surface area contributed by atoms with Crippen molar-refractivity contribution in [1.29, 1.82) is 0 Å². The predicted octanol–water partition coefficient (Wildman–Crippen LogP) is 0.959. The molecule has 0 spiro atoms. The zero-order chi connectivity index (χ0) is 13.5. The summed E-state index contributed by atoms with van der Waals surface area (Å²) in [5.74, 6) is 1.07. The molecule has 5 nitrogen and oxygen atoms in total. The zero-order valence-electron chi connectivity index (χ0n) is 10.8. The summed E-state index contributed by atoms with van der Waals surface area (Å²) < 4.78 is 10.5. The molecule has 1 rings (SSSR count). The van der Waals surface area contributed by atoms with E-state index in [0.717, 1.165) is 5.75 Å². The number of aliphatic hydroxyl groups excluding tert-OH is 1. The fraction of sp³-hybridized carbons (Fsp3) is 0.462. The second-order valence-electron chi connectivity index (χ2n) is 4.03. The molecule has 0 bridgehead atoms. The number of nitrogens with one attached hydrogen (secondary N) is 1. The van der Waals surface area contributed by atoms with Gasteiger partial charge in [-0.05, 0) is 38.1 Å². The number of ether oxygens (including phenoxy) is 2. The van der Waals surface area contributed by atoms with Gasteiger partial charge in [0, 0.05) is 6.54 Å². The molecule has 1 aromatic rings. The van der Waals surface area contributed by atoms with Gasteiger partial charge in [-0.2, -0.15) is 0 Å². The summed E-state index contributed by atoms with van der Waals surface area (Å²) in [5.41, 5.74) is 0. The minimum absolute atomic E-state index is 0.217. The lowest BCUT2D eigenvalue weighted by Crippen LogP contribution is -2.39. The summed E-state index contributed by atoms with van der Waals surface area (Å²) in [4.78, 5) is 11.6. The quantitative estimate of drug-likeness (QED) is 0.792. The van der Waals surface area contributed by atoms with E-state index in [1.54, 1.807) is 45.2 Å². The Morgan fingerprint density at radius 1 is 1.28 bits per heavy atom. The topological polar surface area (TPSA) is 67.8 Å². The first-order valence-electron chi connectivity index (χ1n) is 5.79. The Balaban J connectivity index is 2.47. The van der Waals surface area contributed by atoms with E-state index in [2.05, 4.69) is 5.32 Å². The van der Waals surface area contributed by atoms with Crippen LogP contribution >= 0.6 is 0 Å². The van der Waals surface area contributed by atoms with Crippen molar-refractivity contribution in [3.05, 3.63) is 24.3 Å². The number of carbonyl (C=O) groups excluding carboxylic acids is 1. The molecule has 1 amide bonds. The molecule has 0 saturated carbocycles. The van der Waals surface area contributed by atoms with Crippen LogP contribution in [0.5, 0.6) is 11.5 Å². The molecule has 5 heteroatoms. The van der Waals surface area contributed by atoms with Crippen LogP contribution in [0.15, 0.2) is 24.3 Å². The molecule has 100 valence electrons. The molecule has 2 N–H and O–H groups in total. The smallest absolute Gasteiger partial charge is 0.260 e. The average Bonchev–Trinajstić information content (AvgIpc) is 2.36. The minimum Gasteiger partial charge on any atom is -0.497 e. The van der Waals surface area contributed by atoms with Crippen LogP contribution in [0.3, 0.4) is 0 Å². The van der Waals surface area contributed by atoms with Crippen LogP contribution in [-0.2, 0) is 4.79 Å². The van der Waals surface area contributed by atoms with Crippen LogP contribution in [0.1, 0.15) is 13.8 Å². The predicted molar refractivity (Wildman–Crippen MR) is 67.8 cm³/mol. The van der Waals surface area contributed by atoms with Gasteiger partial charge >= 0.3 is 0 Å². The lowest BCUT2D eigenvalue weighted by Gasteiger charge is -2.15. The maximum atomic E-state index is 11.6. The van der Waals surface area contributed by atoms with Gasteiger partial charge in [0.25, 0.3) is 5.91 Å². The minimum atomic E-state index is -0.614. The van der Waals surface area contributed by atoms with Gasteiger partial charge in [0.2, 0.25) is 0 Å². The van der Waals surface area contributed by atoms with Gasteiger partial charge in [0.1, 0.15) is 11.5 Å². The highest BCUT2D eigenvalue weighted by Gasteiger charge is 2.14. The molecule has 0 radical (unpaired) electrons. The lowest BCUT2D eigenvalue weighted by molar-refractivity contribution is -0.127. The van der Waals surface area contributed by atoms with E-state index in [-0.39, 0.29) is 12.5 Å². The van der Waals surface area contributed by atoms with Crippen molar-refractivity contribution < 1.29 is 19.4 Å². The van der Waals surface area contributed by atoms with E-state index < -0.39 is 12.2 Å². The van der Waals surface area contributed by atoms with Crippen LogP contribution in [0, 0.1) is 0 Å². The molecule has 1 unspecified atom stereocenters. The maximum Gasteiger partial charge on any atom is 0.260 e. The number of carbonyl (C=O) groups is 1. The maximum absolute atomic E-state index is 11.6. The SMILES string of the molecule is COc1ccc(OC(C)C(=O)NC[C@H](C)O)cc1. The van der Waals surface area contributed by atoms with Crippen molar-refractivity contribution in [1.82, 2.24) is 5.32 Å². The second-order valence-corrected chi connectivity index (χ2v) is 4.03. The highest BCUT2D eigenvalue weighted by molar-refractivity contribution is 5.80. The van der Waals surface area contributed by atoms with E-state index in [1.165, 1.54) is 0 Å². The Hall–Kier alpha value is -1.75. The molecule has 0 aliphatic rings. The van der Waals surface area contributed by atoms with Gasteiger partial charge in [0.15, 0.2) is 6.10 Å². The first-order valence-corrected chi connectivity index (χ1v) is 5.79. The summed E-state index contributed by atoms with van der Waals surface area (Å²) in [6, 6.07) is 6.99. The van der Waals surface area contributed by atoms with Crippen molar-refractivity contribution in [2.75, 3.05) is 13.7 Å². The molecule has 0 aromatic heterocycles. The van der Waals surface area contributed by atoms with E-state index in [4.69, 9.17) is 14.6 Å². The third-order valence-electron chi connectivity index (χ3n) is 2.31. The summed E-state index contributed by atoms with van der Waals surface area (Å²) in [7, 11) is 1.59. The molecular formula is C13H19NO4. The summed E-state index contributed by atoms with van der Waals surface area (Å²) in [5, 5.41) is 11.6. The van der Waals surface area contributed by atoms with Gasteiger partial charge in [-0.3, -0.25) is 4.79 Å². The van der Waals surface area contributed by atoms with Crippen molar-refractivity contribution >= 4 is 5.91 Å². The Morgan fingerprint density at radius 2 is 1.83 bits per heavy atom. The highest BCUT2D eigenvalue weighted by atomic mass is 16.5. The number of amides is 1. The normalized spacial score (nSPS) is 13.6. The number of benzene rings is 1. The van der Waals surface area contributed by atoms with Crippen LogP contribution in [0.2, 0.25) is 0 Å². The molecule has 0 aliphatic heterocycles. The van der Waals surface area contributed by atoms with Gasteiger partial charge in [-0.1, -0.05) is 0 Å². The lowest BCUT2D eigenvalue weighted by atomic mass is 10.3. The van der Waals surface area contributed by atoms with Crippen LogP contribution in [-0.4, -0.2) is 36.9 Å². The van der Waals surface area contributed by atoms with Gasteiger partial charge in [0.05, 0.1) is 13.2 Å². The molecular weight excluding hydrogens is 234 g/mol. The summed E-state index contributed by atoms with van der Waals surface area (Å²) in [6.07, 6.45) is -1.18. The van der Waals surface area contributed by atoms with Crippen molar-refractivity contribution in [3.63, 3.8) is 0 Å². The van der Waals surface area contributed by atoms with E-state index in [1.807, 2.05) is 0 Å². The zero-order valence-corrected chi connectivity index (χ0v) is 10.8. The summed E-state index contributed by atoms with van der Waals surface area (Å²) in [6.45, 7) is 3.48. The third kappa shape index (κ3) is 4.63. The van der Waals surface area contributed by atoms with Crippen LogP contribution in [0.25, 0.3) is 0 Å². The molecule has 0 saturated heterocycles. The Bertz CT molecular complexity index is 375. The molecule has 18 heavy (non-hydrogen) atoms. The standard InChI is InChI=1S/C13H19NO4/c1-9(15)8-14-13(16)10(2)18-12-6-4-11(17-3)5-7-12/h4-7,9-10,15H,8H2,1-3H3,(H,14,16)/t9-,10?/m0/s1. The second kappa shape index (κ2) is 6.86. The molecule has 2 atom stereocenters. The van der Waals surface area contributed by atoms with Crippen molar-refractivity contribution in [2.24, 2.45) is 0 Å². The van der Waals surface area contributed by atoms with Gasteiger partial charge < -0.3 is 19.9 Å². The van der Waals surface area contributed by atoms with Gasteiger partial charge in [-0.25, -0.2) is 0 Å². The first-order chi connectivity index (χ1) is 8.52. The van der Waals surface area contributed by atoms with E-state index >= 15 is 0 Å². The van der Waals surface area contributed by atoms with Crippen LogP contribution in [0.4, 0.5) is 0 Å². The number of rotatable bonds is 6. The fourth-order valence-corrected chi connectivity index (χ4v) is 1.30. The highest BCUT2D eigenvalue weighted by Crippen LogP contribution is 2.18. The number of hydrogen-bond donors (Lipinski definition) is 2. The fourth-order valence-electron chi connectivity index (χ4n) is 1.30. The van der Waals surface area contributed by atoms with Crippen LogP contribution < -0.4 is 14.8 Å². The summed E-state index contributed by atoms with van der Waals surface area (Å²) >= 11 is 0. The Kier molecular flexibility index (Phi) is 5.45. The Labute approximate surface area is 107 Å². The van der Waals surface area contributed by atoms with Crippen molar-refractivity contribution in [3.8, 4) is 11.5 Å². The van der Waals surface area contributed by atoms with E-state index in [9.17, 15) is 4.79 Å². The van der Waals surface area contributed by atoms with Crippen molar-refractivity contribution in [2.45, 2.75) is 26.1 Å². The van der Waals surface area contributed by atoms with Gasteiger partial charge in [-0.15, -0.1) is 0 Å². The Morgan fingerprint density at radius 3 is 2.33 bits per heavy atom. The number of aliphatic hydroxyl groups is 1. The molecule has 0 fully saturated rings. The monoisotopic (exact) mass is 253 g/mol. The molecule has 0 aliphatic carbocycles. The third-order valence-corrected chi connectivity index (χ3v) is 2.31. The molecule has 1 aromatic carbocycles. The average molecular weight is 253 g/mol.